The van der Waals surface area contributed by atoms with Crippen LogP contribution in [0.4, 0.5) is 5.82 Å². The molecular weight excluding hydrogens is 582 g/mol. The maximum absolute atomic E-state index is 12.5. The number of aromatic amines is 1. The van der Waals surface area contributed by atoms with Crippen molar-refractivity contribution in [3.05, 3.63) is 95.3 Å². The molecule has 46 heavy (non-hydrogen) atoms. The number of nitrogens with zero attached hydrogens (tertiary/aromatic N) is 6. The summed E-state index contributed by atoms with van der Waals surface area (Å²) in [5.41, 5.74) is 16.5. The average Bonchev–Trinajstić information content (AvgIpc) is 3.71. The number of aromatic nitrogens is 6. The molecule has 8 rings (SSSR count). The first-order valence-electron chi connectivity index (χ1n) is 15.8. The minimum atomic E-state index is -0.519. The summed E-state index contributed by atoms with van der Waals surface area (Å²) in [6.07, 6.45) is 7.93. The number of phenolic OH excluding ortho intramolecular Hbond substituents is 1. The Morgan fingerprint density at radius 1 is 1.09 bits per heavy atom. The van der Waals surface area contributed by atoms with Gasteiger partial charge >= 0.3 is 0 Å². The highest BCUT2D eigenvalue weighted by atomic mass is 16.3. The molecule has 0 saturated heterocycles. The number of H-pyrrole nitrogens is 1. The number of aliphatic hydroxyl groups is 1. The van der Waals surface area contributed by atoms with Crippen LogP contribution in [-0.2, 0) is 16.8 Å². The van der Waals surface area contributed by atoms with Crippen LogP contribution in [0, 0.1) is 0 Å². The monoisotopic (exact) mass is 621 g/mol. The standard InChI is InChI=1S/C34H39N9O3/c35-29-16-27(31-32(38-29)40-41-39-31)26(23-18-37-43(20-23)19-22-5-4-8-25(44)15-22)9-14-42(21-30(36)46)33-10-12-34(13-11-33,28(45)17-33)24-6-2-1-3-7-24/h1-8,15-16,18,20,26,28,44-45H,9-14,17,19,21H2,(H2,36,46)(H3,35,38,39,40,41)/t26?,28-,33?,34?/m0/s1. The molecule has 7 N–H and O–H groups in total. The number of benzene rings is 2. The number of hydrogen-bond acceptors (Lipinski definition) is 9. The zero-order valence-electron chi connectivity index (χ0n) is 25.6. The van der Waals surface area contributed by atoms with Gasteiger partial charge in [0.15, 0.2) is 0 Å². The topological polar surface area (TPSA) is 185 Å². The van der Waals surface area contributed by atoms with Crippen LogP contribution >= 0.6 is 0 Å². The number of phenols is 1. The molecule has 238 valence electrons. The van der Waals surface area contributed by atoms with E-state index in [4.69, 9.17) is 11.5 Å². The second-order valence-electron chi connectivity index (χ2n) is 13.0. The summed E-state index contributed by atoms with van der Waals surface area (Å²) in [5, 5.41) is 37.5. The van der Waals surface area contributed by atoms with Gasteiger partial charge in [0.1, 0.15) is 17.1 Å². The number of rotatable bonds is 11. The largest absolute Gasteiger partial charge is 0.508 e. The molecule has 3 aliphatic carbocycles. The van der Waals surface area contributed by atoms with Crippen LogP contribution in [0.15, 0.2) is 73.1 Å². The smallest absolute Gasteiger partial charge is 0.231 e. The first-order valence-corrected chi connectivity index (χ1v) is 15.8. The Labute approximate surface area is 266 Å². The number of pyridine rings is 1. The number of anilines is 1. The normalized spacial score (nSPS) is 23.2. The molecule has 1 amide bonds. The van der Waals surface area contributed by atoms with Gasteiger partial charge in [0.2, 0.25) is 11.6 Å². The lowest BCUT2D eigenvalue weighted by atomic mass is 9.53. The highest BCUT2D eigenvalue weighted by Crippen LogP contribution is 2.56. The van der Waals surface area contributed by atoms with Crippen molar-refractivity contribution in [2.75, 3.05) is 18.8 Å². The number of nitrogens with one attached hydrogen (secondary N) is 1. The van der Waals surface area contributed by atoms with E-state index in [1.165, 1.54) is 5.56 Å². The quantitative estimate of drug-likeness (QED) is 0.148. The molecule has 1 unspecified atom stereocenters. The maximum Gasteiger partial charge on any atom is 0.231 e. The van der Waals surface area contributed by atoms with Crippen LogP contribution in [0.2, 0.25) is 0 Å². The van der Waals surface area contributed by atoms with Crippen LogP contribution in [0.3, 0.4) is 0 Å². The molecule has 5 aromatic rings. The third-order valence-electron chi connectivity index (χ3n) is 10.4. The number of aliphatic hydroxyl groups excluding tert-OH is 1. The molecule has 3 fully saturated rings. The third-order valence-corrected chi connectivity index (χ3v) is 10.4. The lowest BCUT2D eigenvalue weighted by Crippen LogP contribution is -2.64. The molecule has 3 saturated carbocycles. The predicted molar refractivity (Wildman–Crippen MR) is 173 cm³/mol. The molecule has 12 nitrogen and oxygen atoms in total. The lowest BCUT2D eigenvalue weighted by molar-refractivity contribution is -0.128. The number of nitrogen functional groups attached to an aromatic ring is 1. The fourth-order valence-corrected chi connectivity index (χ4v) is 8.04. The fraction of sp³-hybridized carbons (Fsp3) is 0.382. The first kappa shape index (κ1) is 29.9. The van der Waals surface area contributed by atoms with Gasteiger partial charge < -0.3 is 21.7 Å². The van der Waals surface area contributed by atoms with E-state index in [2.05, 4.69) is 42.5 Å². The van der Waals surface area contributed by atoms with E-state index < -0.39 is 12.0 Å². The summed E-state index contributed by atoms with van der Waals surface area (Å²) < 4.78 is 1.84. The number of fused-ring (bicyclic) bond motifs is 4. The summed E-state index contributed by atoms with van der Waals surface area (Å²) in [7, 11) is 0. The second kappa shape index (κ2) is 11.8. The SMILES string of the molecule is NC(=O)CN(CCC(c1cnn(Cc2cccc(O)c2)c1)c1cc(N)nc2n[nH]nc12)C12CCC(c3ccccc3)(CC1)[C@@H](O)C2. The molecule has 3 aliphatic rings. The number of nitrogens with two attached hydrogens (primary N) is 2. The third kappa shape index (κ3) is 5.47. The number of amides is 1. The van der Waals surface area contributed by atoms with E-state index in [0.29, 0.717) is 42.9 Å². The van der Waals surface area contributed by atoms with E-state index in [-0.39, 0.29) is 29.2 Å². The molecule has 3 aromatic heterocycles. The molecule has 0 spiro atoms. The Morgan fingerprint density at radius 3 is 2.63 bits per heavy atom. The van der Waals surface area contributed by atoms with Crippen molar-refractivity contribution >= 4 is 22.9 Å². The lowest BCUT2D eigenvalue weighted by Gasteiger charge is -2.60. The zero-order chi connectivity index (χ0) is 31.9. The first-order chi connectivity index (χ1) is 22.2. The highest BCUT2D eigenvalue weighted by Gasteiger charge is 2.56. The van der Waals surface area contributed by atoms with Crippen molar-refractivity contribution in [1.82, 2.24) is 35.1 Å². The van der Waals surface area contributed by atoms with E-state index in [1.807, 2.05) is 53.5 Å². The minimum absolute atomic E-state index is 0.104. The molecule has 2 bridgehead atoms. The Hall–Kier alpha value is -4.81. The van der Waals surface area contributed by atoms with Gasteiger partial charge in [-0.1, -0.05) is 42.5 Å². The van der Waals surface area contributed by atoms with Gasteiger partial charge in [-0.05, 0) is 79.0 Å². The number of aromatic hydroxyl groups is 1. The van der Waals surface area contributed by atoms with Crippen LogP contribution in [-0.4, -0.2) is 75.9 Å². The second-order valence-corrected chi connectivity index (χ2v) is 13.0. The van der Waals surface area contributed by atoms with Crippen LogP contribution in [0.5, 0.6) is 5.75 Å². The molecule has 3 heterocycles. The van der Waals surface area contributed by atoms with Gasteiger partial charge in [-0.3, -0.25) is 14.4 Å². The van der Waals surface area contributed by atoms with Gasteiger partial charge in [0, 0.05) is 29.6 Å². The Kier molecular flexibility index (Phi) is 7.69. The van der Waals surface area contributed by atoms with Crippen molar-refractivity contribution < 1.29 is 15.0 Å². The van der Waals surface area contributed by atoms with Crippen molar-refractivity contribution in [2.45, 2.75) is 68.0 Å². The van der Waals surface area contributed by atoms with E-state index >= 15 is 0 Å². The summed E-state index contributed by atoms with van der Waals surface area (Å²) >= 11 is 0. The number of carbonyl (C=O) groups excluding carboxylic acids is 1. The summed E-state index contributed by atoms with van der Waals surface area (Å²) in [4.78, 5) is 19.1. The Morgan fingerprint density at radius 2 is 1.89 bits per heavy atom. The van der Waals surface area contributed by atoms with Crippen molar-refractivity contribution in [2.24, 2.45) is 5.73 Å². The van der Waals surface area contributed by atoms with Crippen molar-refractivity contribution in [3.8, 4) is 5.75 Å². The Bertz CT molecular complexity index is 1850. The van der Waals surface area contributed by atoms with Gasteiger partial charge in [-0.25, -0.2) is 4.98 Å². The Balaban J connectivity index is 1.19. The van der Waals surface area contributed by atoms with Crippen molar-refractivity contribution in [3.63, 3.8) is 0 Å². The average molecular weight is 622 g/mol. The van der Waals surface area contributed by atoms with Gasteiger partial charge in [-0.2, -0.15) is 15.4 Å². The van der Waals surface area contributed by atoms with Crippen LogP contribution in [0.1, 0.15) is 66.7 Å². The van der Waals surface area contributed by atoms with Gasteiger partial charge in [0.25, 0.3) is 0 Å². The van der Waals surface area contributed by atoms with E-state index in [1.54, 1.807) is 12.1 Å². The summed E-state index contributed by atoms with van der Waals surface area (Å²) in [6, 6.07) is 19.3. The molecule has 0 radical (unpaired) electrons. The van der Waals surface area contributed by atoms with Gasteiger partial charge in [-0.15, -0.1) is 5.10 Å². The molecule has 0 aliphatic heterocycles. The van der Waals surface area contributed by atoms with E-state index in [9.17, 15) is 15.0 Å². The molecule has 2 aromatic carbocycles. The highest BCUT2D eigenvalue weighted by molar-refractivity contribution is 5.77. The zero-order valence-corrected chi connectivity index (χ0v) is 25.6. The van der Waals surface area contributed by atoms with Crippen molar-refractivity contribution in [1.29, 1.82) is 0 Å². The number of primary amides is 1. The number of hydrogen-bond donors (Lipinski definition) is 5. The van der Waals surface area contributed by atoms with Crippen LogP contribution in [0.25, 0.3) is 11.2 Å². The fourth-order valence-electron chi connectivity index (χ4n) is 8.04. The predicted octanol–water partition coefficient (Wildman–Crippen LogP) is 3.21. The van der Waals surface area contributed by atoms with Crippen LogP contribution < -0.4 is 11.5 Å². The van der Waals surface area contributed by atoms with Gasteiger partial charge in [0.05, 0.1) is 25.4 Å². The molecular formula is C34H39N9O3. The maximum atomic E-state index is 12.5. The minimum Gasteiger partial charge on any atom is -0.508 e. The number of carbonyl (C=O) groups is 1. The molecule has 2 atom stereocenters. The summed E-state index contributed by atoms with van der Waals surface area (Å²) in [6.45, 7) is 1.14. The molecule has 12 heteroatoms. The summed E-state index contributed by atoms with van der Waals surface area (Å²) in [5.74, 6) is -0.0602. The van der Waals surface area contributed by atoms with E-state index in [0.717, 1.165) is 42.4 Å².